The third-order valence-corrected chi connectivity index (χ3v) is 17.2. The van der Waals surface area contributed by atoms with Gasteiger partial charge in [0.25, 0.3) is 17.7 Å². The Morgan fingerprint density at radius 2 is 1.10 bits per heavy atom. The number of hydrogen-bond acceptors (Lipinski definition) is 16. The van der Waals surface area contributed by atoms with E-state index in [0.717, 1.165) is 62.9 Å². The van der Waals surface area contributed by atoms with Crippen molar-refractivity contribution in [2.24, 2.45) is 14.1 Å². The molecule has 4 amide bonds. The number of anilines is 2. The van der Waals surface area contributed by atoms with E-state index in [-0.39, 0.29) is 38.4 Å². The molecule has 8 aromatic rings. The lowest BCUT2D eigenvalue weighted by Gasteiger charge is -2.24. The molecular formula is C59H63N10O9S4-. The van der Waals surface area contributed by atoms with E-state index in [9.17, 15) is 24.0 Å². The maximum absolute atomic E-state index is 13.2. The number of carboxylic acids is 1. The highest BCUT2D eigenvalue weighted by atomic mass is 32.2. The summed E-state index contributed by atoms with van der Waals surface area (Å²) in [5.74, 6) is 12.3. The highest BCUT2D eigenvalue weighted by Gasteiger charge is 2.35. The summed E-state index contributed by atoms with van der Waals surface area (Å²) in [5, 5.41) is 24.0. The van der Waals surface area contributed by atoms with E-state index in [2.05, 4.69) is 54.5 Å². The molecule has 428 valence electrons. The van der Waals surface area contributed by atoms with E-state index in [1.807, 2.05) is 101 Å². The molecular weight excluding hydrogens is 1120 g/mol. The Hall–Kier alpha value is -8.35. The third kappa shape index (κ3) is 16.2. The van der Waals surface area contributed by atoms with Crippen LogP contribution in [-0.4, -0.2) is 108 Å². The van der Waals surface area contributed by atoms with E-state index >= 15 is 0 Å². The molecule has 19 nitrogen and oxygen atoms in total. The molecule has 0 aliphatic carbocycles. The number of aryl methyl sites for hydroxylation is 2. The molecule has 6 aromatic heterocycles. The first kappa shape index (κ1) is 62.8. The minimum Gasteiger partial charge on any atom is -0.474 e. The Kier molecular flexibility index (Phi) is 21.4. The van der Waals surface area contributed by atoms with Gasteiger partial charge in [0, 0.05) is 74.7 Å². The first-order valence-corrected chi connectivity index (χ1v) is 28.4. The van der Waals surface area contributed by atoms with E-state index in [1.165, 1.54) is 28.9 Å². The van der Waals surface area contributed by atoms with Crippen LogP contribution in [0.4, 0.5) is 14.8 Å². The second-order valence-electron chi connectivity index (χ2n) is 19.2. The fourth-order valence-electron chi connectivity index (χ4n) is 7.81. The van der Waals surface area contributed by atoms with Crippen LogP contribution in [0.15, 0.2) is 116 Å². The third-order valence-electron chi connectivity index (χ3n) is 11.8. The number of carboxylic acid groups (broad SMARTS) is 1. The lowest BCUT2D eigenvalue weighted by molar-refractivity contribution is -0.120. The molecule has 82 heavy (non-hydrogen) atoms. The second-order valence-corrected chi connectivity index (χ2v) is 23.3. The summed E-state index contributed by atoms with van der Waals surface area (Å²) in [6.45, 7) is 9.38. The Labute approximate surface area is 493 Å². The van der Waals surface area contributed by atoms with Crippen LogP contribution < -0.4 is 20.4 Å². The number of thioether (sulfide) groups is 2. The van der Waals surface area contributed by atoms with Crippen LogP contribution >= 0.6 is 46.2 Å². The number of oxazole rings is 2. The predicted octanol–water partition coefficient (Wildman–Crippen LogP) is 9.84. The minimum atomic E-state index is -1.14. The van der Waals surface area contributed by atoms with E-state index in [0.29, 0.717) is 35.9 Å². The summed E-state index contributed by atoms with van der Waals surface area (Å²) in [6, 6.07) is 18.1. The Bertz CT molecular complexity index is 3680. The van der Waals surface area contributed by atoms with Crippen LogP contribution in [0.25, 0.3) is 0 Å². The number of aromatic carboxylic acids is 1. The number of amides is 4. The topological polar surface area (TPSA) is 233 Å². The quantitative estimate of drug-likeness (QED) is 0.0949. The zero-order chi connectivity index (χ0) is 57.3. The average Bonchev–Trinajstić information content (AvgIpc) is 4.40. The van der Waals surface area contributed by atoms with Crippen LogP contribution in [-0.2, 0) is 41.3 Å². The van der Waals surface area contributed by atoms with Gasteiger partial charge in [0.15, 0.2) is 0 Å². The van der Waals surface area contributed by atoms with Gasteiger partial charge in [-0.05, 0) is 56.9 Å². The van der Waals surface area contributed by atoms with Crippen molar-refractivity contribution in [1.82, 2.24) is 40.2 Å². The number of fused-ring (bicyclic) bond motifs is 2. The number of alkyl carbamates (subject to hydrolysis) is 1. The zero-order valence-corrected chi connectivity index (χ0v) is 49.4. The molecule has 0 spiro atoms. The molecule has 3 N–H and O–H groups in total. The number of likely N-dealkylation sites (N-methyl/N-ethyl adjacent to an activating group) is 2. The fourth-order valence-corrected chi connectivity index (χ4v) is 12.9. The number of ether oxygens (including phenoxy) is 1. The largest absolute Gasteiger partial charge is 0.474 e. The minimum absolute atomic E-state index is 0. The number of rotatable bonds is 8. The lowest BCUT2D eigenvalue weighted by atomic mass is 10.1. The molecule has 2 aliphatic rings. The van der Waals surface area contributed by atoms with Crippen molar-refractivity contribution < 1.29 is 42.7 Å². The van der Waals surface area contributed by atoms with Crippen LogP contribution in [0.1, 0.15) is 104 Å². The number of thiophene rings is 2. The normalized spacial score (nSPS) is 14.4. The molecule has 0 fully saturated rings. The van der Waals surface area contributed by atoms with Gasteiger partial charge in [-0.2, -0.15) is 10.2 Å². The van der Waals surface area contributed by atoms with Crippen LogP contribution in [0.5, 0.6) is 0 Å². The van der Waals surface area contributed by atoms with Crippen LogP contribution in [0.2, 0.25) is 0 Å². The monoisotopic (exact) mass is 1180 g/mol. The summed E-state index contributed by atoms with van der Waals surface area (Å²) in [6.07, 6.45) is 10.7. The van der Waals surface area contributed by atoms with E-state index in [4.69, 9.17) is 18.7 Å². The first-order valence-electron chi connectivity index (χ1n) is 24.8. The van der Waals surface area contributed by atoms with Crippen molar-refractivity contribution in [3.8, 4) is 23.7 Å². The zero-order valence-electron chi connectivity index (χ0n) is 46.1. The summed E-state index contributed by atoms with van der Waals surface area (Å²) < 4.78 is 19.4. The summed E-state index contributed by atoms with van der Waals surface area (Å²) in [4.78, 5) is 76.4. The Morgan fingerprint density at radius 3 is 1.50 bits per heavy atom. The van der Waals surface area contributed by atoms with Crippen molar-refractivity contribution in [1.29, 1.82) is 0 Å². The number of carbonyl (C=O) groups is 5. The number of hydrogen-bond donors (Lipinski definition) is 3. The molecule has 0 saturated carbocycles. The molecule has 0 saturated heterocycles. The van der Waals surface area contributed by atoms with Gasteiger partial charge in [-0.15, -0.1) is 46.2 Å². The van der Waals surface area contributed by atoms with Crippen molar-refractivity contribution in [2.45, 2.75) is 82.4 Å². The van der Waals surface area contributed by atoms with Gasteiger partial charge >= 0.3 is 23.9 Å². The number of aromatic nitrogens is 6. The molecule has 0 bridgehead atoms. The average molecular weight is 1180 g/mol. The number of carbonyl (C=O) groups excluding carboxylic acids is 4. The van der Waals surface area contributed by atoms with Crippen molar-refractivity contribution in [3.05, 3.63) is 172 Å². The standard InChI is InChI=1S/C26H23N5O3S2.C20H24N4O3S2.C11H9NO3.CH4.CH3/c1-16-21(10-9-18-12-28-30(2)14-18)36-26-22(16)35-15-20(25(33)31(26)3)29-23(32)24-27-13-19(34-24)11-17-7-5-4-6-8-17;1-12-15(8-7-13-9-21-23(5)10-13)29-18-16(12)28-11-14(17(25)24(18)6)22-19(26)27-20(2,3)4;13-11(14)10-12-7-9(15-10)6-8-4-2-1-3-5-8;;/h4-8,12-14,20H,11,15H2,1-3H3,(H,29,32);9-10,14H,11H2,1-6H3,(H,22,26);1-5,7H,6H2,(H,13,14);1H4;1H3/q;;;;-1/t20-;14-;;;/m00.../s1. The lowest BCUT2D eigenvalue weighted by Crippen LogP contribution is -2.49. The number of nitrogens with zero attached hydrogens (tertiary/aromatic N) is 8. The maximum Gasteiger partial charge on any atom is 0.408 e. The molecule has 10 rings (SSSR count). The van der Waals surface area contributed by atoms with Crippen LogP contribution in [0, 0.1) is 45.0 Å². The van der Waals surface area contributed by atoms with E-state index in [1.54, 1.807) is 96.1 Å². The van der Waals surface area contributed by atoms with Gasteiger partial charge in [0.2, 0.25) is 0 Å². The van der Waals surface area contributed by atoms with Gasteiger partial charge in [-0.3, -0.25) is 23.7 Å². The molecule has 2 aliphatic heterocycles. The van der Waals surface area contributed by atoms with Gasteiger partial charge in [-0.1, -0.05) is 91.8 Å². The highest BCUT2D eigenvalue weighted by Crippen LogP contribution is 2.45. The van der Waals surface area contributed by atoms with Crippen molar-refractivity contribution in [3.63, 3.8) is 0 Å². The first-order chi connectivity index (χ1) is 38.2. The Morgan fingerprint density at radius 1 is 0.671 bits per heavy atom. The van der Waals surface area contributed by atoms with Gasteiger partial charge in [-0.25, -0.2) is 19.6 Å². The van der Waals surface area contributed by atoms with Gasteiger partial charge < -0.3 is 46.5 Å². The number of nitrogens with one attached hydrogen (secondary N) is 2. The molecule has 0 radical (unpaired) electrons. The second kappa shape index (κ2) is 27.9. The fraction of sp³-hybridized carbons (Fsp3) is 0.288. The summed E-state index contributed by atoms with van der Waals surface area (Å²) in [5.41, 5.74) is 5.25. The molecule has 23 heteroatoms. The molecule has 8 heterocycles. The SMILES string of the molecule is C.Cc1c(C#Cc2cnn(C)c2)sc2c1SC[C@H](NC(=O)OC(C)(C)C)C(=O)N2C.Cc1c(C#Cc2cnn(C)c2)sc2c1SC[C@H](NC(=O)c1ncc(Cc3ccccc3)o1)C(=O)N2C.O=C(O)c1ncc(Cc2ccccc2)o1.[CH3-]. The molecule has 2 atom stereocenters. The number of benzene rings is 2. The Balaban J connectivity index is 0.000000210. The van der Waals surface area contributed by atoms with Gasteiger partial charge in [0.1, 0.15) is 39.2 Å². The van der Waals surface area contributed by atoms with Crippen molar-refractivity contribution >= 4 is 86.0 Å². The maximum atomic E-state index is 13.2. The van der Waals surface area contributed by atoms with E-state index < -0.39 is 35.7 Å². The molecule has 0 unspecified atom stereocenters. The highest BCUT2D eigenvalue weighted by molar-refractivity contribution is 8.00. The predicted molar refractivity (Wildman–Crippen MR) is 321 cm³/mol. The molecule has 2 aromatic carbocycles. The smallest absolute Gasteiger partial charge is 0.408 e. The van der Waals surface area contributed by atoms with Crippen molar-refractivity contribution in [2.75, 3.05) is 35.4 Å². The van der Waals surface area contributed by atoms with Gasteiger partial charge in [0.05, 0.1) is 45.7 Å². The summed E-state index contributed by atoms with van der Waals surface area (Å²) >= 11 is 6.05. The van der Waals surface area contributed by atoms with Crippen LogP contribution in [0.3, 0.4) is 0 Å². The summed E-state index contributed by atoms with van der Waals surface area (Å²) in [7, 11) is 7.15.